The van der Waals surface area contributed by atoms with Crippen molar-refractivity contribution < 1.29 is 23.5 Å². The van der Waals surface area contributed by atoms with Gasteiger partial charge in [0.15, 0.2) is 0 Å². The number of esters is 1. The van der Waals surface area contributed by atoms with E-state index in [0.29, 0.717) is 30.2 Å². The third kappa shape index (κ3) is 8.57. The van der Waals surface area contributed by atoms with Crippen molar-refractivity contribution in [3.63, 3.8) is 0 Å². The fourth-order valence-electron chi connectivity index (χ4n) is 4.85. The molecular formula is C33H40N2O5. The lowest BCUT2D eigenvalue weighted by molar-refractivity contribution is -0.140. The predicted octanol–water partition coefficient (Wildman–Crippen LogP) is 6.79. The maximum atomic E-state index is 13.1. The first-order chi connectivity index (χ1) is 19.5. The molecule has 40 heavy (non-hydrogen) atoms. The summed E-state index contributed by atoms with van der Waals surface area (Å²) in [7, 11) is 0. The highest BCUT2D eigenvalue weighted by Crippen LogP contribution is 2.23. The van der Waals surface area contributed by atoms with Gasteiger partial charge in [0.2, 0.25) is 11.8 Å². The minimum atomic E-state index is -0.446. The summed E-state index contributed by atoms with van der Waals surface area (Å²) in [5.41, 5.74) is 3.00. The Labute approximate surface area is 237 Å². The Morgan fingerprint density at radius 2 is 1.62 bits per heavy atom. The first-order valence-electron chi connectivity index (χ1n) is 14.4. The van der Waals surface area contributed by atoms with E-state index in [1.54, 1.807) is 13.0 Å². The Balaban J connectivity index is 1.36. The van der Waals surface area contributed by atoms with Gasteiger partial charge in [-0.3, -0.25) is 4.79 Å². The number of carbonyl (C=O) groups is 2. The van der Waals surface area contributed by atoms with Gasteiger partial charge >= 0.3 is 5.97 Å². The van der Waals surface area contributed by atoms with Gasteiger partial charge in [-0.25, -0.2) is 9.78 Å². The maximum absolute atomic E-state index is 13.1. The molecular weight excluding hydrogens is 504 g/mol. The Morgan fingerprint density at radius 1 is 0.950 bits per heavy atom. The van der Waals surface area contributed by atoms with Crippen molar-refractivity contribution in [3.05, 3.63) is 77.2 Å². The number of aromatic nitrogens is 1. The topological polar surface area (TPSA) is 81.9 Å². The van der Waals surface area contributed by atoms with Crippen LogP contribution in [-0.4, -0.2) is 48.1 Å². The smallest absolute Gasteiger partial charge is 0.334 e. The molecule has 1 aliphatic rings. The molecule has 1 aromatic heterocycles. The van der Waals surface area contributed by atoms with Crippen LogP contribution in [0.15, 0.2) is 64.6 Å². The second kappa shape index (κ2) is 15.1. The fraction of sp³-hybridized carbons (Fsp3) is 0.424. The molecule has 212 valence electrons. The van der Waals surface area contributed by atoms with Gasteiger partial charge in [-0.2, -0.15) is 0 Å². The molecule has 0 spiro atoms. The van der Waals surface area contributed by atoms with Crippen molar-refractivity contribution in [1.29, 1.82) is 0 Å². The van der Waals surface area contributed by atoms with Crippen molar-refractivity contribution in [2.45, 2.75) is 65.2 Å². The van der Waals surface area contributed by atoms with Crippen molar-refractivity contribution in [2.75, 3.05) is 26.3 Å². The number of rotatable bonds is 10. The third-order valence-corrected chi connectivity index (χ3v) is 7.08. The zero-order valence-corrected chi connectivity index (χ0v) is 23.7. The van der Waals surface area contributed by atoms with E-state index in [1.807, 2.05) is 66.4 Å². The fourth-order valence-corrected chi connectivity index (χ4v) is 4.85. The highest BCUT2D eigenvalue weighted by atomic mass is 16.5. The van der Waals surface area contributed by atoms with E-state index in [-0.39, 0.29) is 18.9 Å². The number of hydrogen-bond acceptors (Lipinski definition) is 6. The van der Waals surface area contributed by atoms with E-state index in [9.17, 15) is 9.59 Å². The van der Waals surface area contributed by atoms with Crippen LogP contribution in [0.2, 0.25) is 0 Å². The van der Waals surface area contributed by atoms with Gasteiger partial charge in [0, 0.05) is 30.6 Å². The molecule has 1 aliphatic heterocycles. The largest absolute Gasteiger partial charge is 0.493 e. The summed E-state index contributed by atoms with van der Waals surface area (Å²) in [5.74, 6) is 1.65. The van der Waals surface area contributed by atoms with Gasteiger partial charge in [0.1, 0.15) is 11.5 Å². The number of hydrogen-bond donors (Lipinski definition) is 0. The van der Waals surface area contributed by atoms with E-state index in [2.05, 4.69) is 4.98 Å². The van der Waals surface area contributed by atoms with Crippen LogP contribution in [0, 0.1) is 6.92 Å². The predicted molar refractivity (Wildman–Crippen MR) is 156 cm³/mol. The van der Waals surface area contributed by atoms with E-state index in [4.69, 9.17) is 13.9 Å². The minimum Gasteiger partial charge on any atom is -0.493 e. The highest BCUT2D eigenvalue weighted by molar-refractivity contribution is 5.99. The zero-order valence-electron chi connectivity index (χ0n) is 23.7. The number of ether oxygens (including phenoxy) is 2. The molecule has 1 saturated heterocycles. The molecule has 0 bridgehead atoms. The van der Waals surface area contributed by atoms with Crippen LogP contribution < -0.4 is 4.74 Å². The summed E-state index contributed by atoms with van der Waals surface area (Å²) >= 11 is 0. The Hall–Kier alpha value is -3.87. The van der Waals surface area contributed by atoms with Crippen molar-refractivity contribution >= 4 is 18.0 Å². The van der Waals surface area contributed by atoms with Crippen LogP contribution in [0.1, 0.15) is 68.9 Å². The van der Waals surface area contributed by atoms with Crippen molar-refractivity contribution in [1.82, 2.24) is 9.88 Å². The van der Waals surface area contributed by atoms with Crippen LogP contribution in [-0.2, 0) is 20.7 Å². The summed E-state index contributed by atoms with van der Waals surface area (Å²) in [6.45, 7) is 5.91. The average molecular weight is 545 g/mol. The number of carbonyl (C=O) groups excluding carboxylic acids is 2. The molecule has 3 aromatic rings. The molecule has 0 radical (unpaired) electrons. The number of aryl methyl sites for hydroxylation is 1. The first kappa shape index (κ1) is 29.1. The molecule has 0 unspecified atom stereocenters. The molecule has 2 heterocycles. The lowest BCUT2D eigenvalue weighted by Gasteiger charge is -2.22. The van der Waals surface area contributed by atoms with E-state index >= 15 is 0 Å². The van der Waals surface area contributed by atoms with Crippen LogP contribution in [0.4, 0.5) is 0 Å². The number of benzene rings is 2. The highest BCUT2D eigenvalue weighted by Gasteiger charge is 2.20. The molecule has 4 rings (SSSR count). The van der Waals surface area contributed by atoms with E-state index in [0.717, 1.165) is 61.4 Å². The summed E-state index contributed by atoms with van der Waals surface area (Å²) in [6, 6.07) is 17.3. The molecule has 0 N–H and O–H groups in total. The quantitative estimate of drug-likeness (QED) is 0.206. The van der Waals surface area contributed by atoms with Gasteiger partial charge in [-0.15, -0.1) is 0 Å². The molecule has 1 amide bonds. The van der Waals surface area contributed by atoms with Crippen LogP contribution >= 0.6 is 0 Å². The Bertz CT molecular complexity index is 1250. The molecule has 0 aliphatic carbocycles. The normalized spacial score (nSPS) is 14.7. The first-order valence-corrected chi connectivity index (χ1v) is 14.4. The molecule has 0 atom stereocenters. The van der Waals surface area contributed by atoms with Gasteiger partial charge in [0.25, 0.3) is 0 Å². The van der Waals surface area contributed by atoms with Crippen LogP contribution in [0.5, 0.6) is 5.75 Å². The van der Waals surface area contributed by atoms with E-state index in [1.165, 1.54) is 12.8 Å². The lowest BCUT2D eigenvalue weighted by atomic mass is 10.1. The SMILES string of the molecule is CCOC(=O)/C(=C/c1ccc(OCCc2nc(-c3ccccc3)oc2C)cc1)CC(=O)N1CCCCCCCC1. The number of oxazole rings is 1. The average Bonchev–Trinajstić information content (AvgIpc) is 3.40. The summed E-state index contributed by atoms with van der Waals surface area (Å²) < 4.78 is 17.1. The molecule has 7 nitrogen and oxygen atoms in total. The molecule has 0 saturated carbocycles. The summed E-state index contributed by atoms with van der Waals surface area (Å²) in [4.78, 5) is 32.4. The second-order valence-electron chi connectivity index (χ2n) is 10.1. The Kier molecular flexibility index (Phi) is 11.0. The minimum absolute atomic E-state index is 0.0141. The molecule has 1 fully saturated rings. The lowest BCUT2D eigenvalue weighted by Crippen LogP contribution is -2.33. The third-order valence-electron chi connectivity index (χ3n) is 7.08. The molecule has 2 aromatic carbocycles. The number of nitrogens with zero attached hydrogens (tertiary/aromatic N) is 2. The van der Waals surface area contributed by atoms with Crippen molar-refractivity contribution in [2.24, 2.45) is 0 Å². The van der Waals surface area contributed by atoms with Gasteiger partial charge in [0.05, 0.1) is 25.3 Å². The second-order valence-corrected chi connectivity index (χ2v) is 10.1. The van der Waals surface area contributed by atoms with E-state index < -0.39 is 5.97 Å². The van der Waals surface area contributed by atoms with Crippen LogP contribution in [0.3, 0.4) is 0 Å². The van der Waals surface area contributed by atoms with Crippen molar-refractivity contribution in [3.8, 4) is 17.2 Å². The summed E-state index contributed by atoms with van der Waals surface area (Å²) in [5, 5.41) is 0. The Morgan fingerprint density at radius 3 is 2.30 bits per heavy atom. The maximum Gasteiger partial charge on any atom is 0.334 e. The number of amides is 1. The van der Waals surface area contributed by atoms with Gasteiger partial charge in [-0.1, -0.05) is 56.0 Å². The van der Waals surface area contributed by atoms with Gasteiger partial charge < -0.3 is 18.8 Å². The van der Waals surface area contributed by atoms with Crippen LogP contribution in [0.25, 0.3) is 17.5 Å². The monoisotopic (exact) mass is 544 g/mol. The standard InChI is InChI=1S/C33H40N2O5/c1-3-38-33(37)28(24-31(36)35-20-11-6-4-5-7-12-21-35)23-26-15-17-29(18-16-26)39-22-19-30-25(2)40-32(34-30)27-13-9-8-10-14-27/h8-10,13-18,23H,3-7,11-12,19-22,24H2,1-2H3/b28-23+. The molecule has 7 heteroatoms. The zero-order chi connectivity index (χ0) is 28.2. The van der Waals surface area contributed by atoms with Gasteiger partial charge in [-0.05, 0) is 62.6 Å². The summed E-state index contributed by atoms with van der Waals surface area (Å²) in [6.07, 6.45) is 9.17.